The van der Waals surface area contributed by atoms with Gasteiger partial charge in [-0.05, 0) is 25.3 Å². The fourth-order valence-electron chi connectivity index (χ4n) is 1.93. The first kappa shape index (κ1) is 20.0. The Labute approximate surface area is 145 Å². The van der Waals surface area contributed by atoms with Gasteiger partial charge in [0.05, 0.1) is 13.1 Å². The Bertz CT molecular complexity index is 489. The minimum atomic E-state index is 0.0144. The highest BCUT2D eigenvalue weighted by Gasteiger charge is 2.05. The number of carbonyl (C=O) groups is 1. The van der Waals surface area contributed by atoms with Gasteiger partial charge >= 0.3 is 0 Å². The minimum absolute atomic E-state index is 0.0144. The number of amides is 1. The highest BCUT2D eigenvalue weighted by atomic mass is 16.5. The lowest BCUT2D eigenvalue weighted by atomic mass is 10.2. The van der Waals surface area contributed by atoms with Gasteiger partial charge in [-0.3, -0.25) is 4.79 Å². The van der Waals surface area contributed by atoms with Crippen molar-refractivity contribution in [2.75, 3.05) is 40.4 Å². The van der Waals surface area contributed by atoms with Crippen LogP contribution in [0.3, 0.4) is 0 Å². The summed E-state index contributed by atoms with van der Waals surface area (Å²) in [5.41, 5.74) is 1.13. The topological polar surface area (TPSA) is 66.0 Å². The van der Waals surface area contributed by atoms with Crippen LogP contribution in [-0.2, 0) is 16.1 Å². The first-order chi connectivity index (χ1) is 11.6. The van der Waals surface area contributed by atoms with E-state index < -0.39 is 0 Å². The van der Waals surface area contributed by atoms with Crippen LogP contribution in [0.25, 0.3) is 0 Å². The van der Waals surface area contributed by atoms with Gasteiger partial charge < -0.3 is 20.3 Å². The summed E-state index contributed by atoms with van der Waals surface area (Å²) in [5.74, 6) is 0.672. The SMILES string of the molecule is CCOCCCCNC(=NCc1ccccc1)NCC(=O)N(C)C. The van der Waals surface area contributed by atoms with Crippen molar-refractivity contribution in [2.45, 2.75) is 26.3 Å². The molecule has 134 valence electrons. The van der Waals surface area contributed by atoms with E-state index in [1.54, 1.807) is 19.0 Å². The van der Waals surface area contributed by atoms with Gasteiger partial charge in [-0.2, -0.15) is 0 Å². The van der Waals surface area contributed by atoms with Crippen LogP contribution in [0.15, 0.2) is 35.3 Å². The maximum Gasteiger partial charge on any atom is 0.241 e. The van der Waals surface area contributed by atoms with Crippen molar-refractivity contribution in [1.82, 2.24) is 15.5 Å². The van der Waals surface area contributed by atoms with Crippen LogP contribution in [0.4, 0.5) is 0 Å². The number of hydrogen-bond donors (Lipinski definition) is 2. The van der Waals surface area contributed by atoms with Gasteiger partial charge in [-0.1, -0.05) is 30.3 Å². The highest BCUT2D eigenvalue weighted by Crippen LogP contribution is 2.00. The average Bonchev–Trinajstić information content (AvgIpc) is 2.60. The van der Waals surface area contributed by atoms with Gasteiger partial charge in [0.15, 0.2) is 5.96 Å². The lowest BCUT2D eigenvalue weighted by Gasteiger charge is -2.15. The molecule has 0 atom stereocenters. The van der Waals surface area contributed by atoms with E-state index in [2.05, 4.69) is 15.6 Å². The number of carbonyl (C=O) groups excluding carboxylic acids is 1. The number of nitrogens with one attached hydrogen (secondary N) is 2. The fraction of sp³-hybridized carbons (Fsp3) is 0.556. The molecule has 1 aromatic carbocycles. The van der Waals surface area contributed by atoms with Gasteiger partial charge in [0, 0.05) is 33.9 Å². The third-order valence-corrected chi connectivity index (χ3v) is 3.38. The second-order valence-corrected chi connectivity index (χ2v) is 5.62. The third kappa shape index (κ3) is 9.15. The Morgan fingerprint density at radius 2 is 1.92 bits per heavy atom. The summed E-state index contributed by atoms with van der Waals surface area (Å²) in [6.07, 6.45) is 2.00. The first-order valence-corrected chi connectivity index (χ1v) is 8.47. The third-order valence-electron chi connectivity index (χ3n) is 3.38. The van der Waals surface area contributed by atoms with Crippen molar-refractivity contribution in [3.8, 4) is 0 Å². The summed E-state index contributed by atoms with van der Waals surface area (Å²) in [6, 6.07) is 10.0. The molecule has 6 nitrogen and oxygen atoms in total. The smallest absolute Gasteiger partial charge is 0.241 e. The lowest BCUT2D eigenvalue weighted by Crippen LogP contribution is -2.43. The van der Waals surface area contributed by atoms with Crippen LogP contribution in [0.2, 0.25) is 0 Å². The maximum atomic E-state index is 11.7. The molecular formula is C18H30N4O2. The Morgan fingerprint density at radius 1 is 1.17 bits per heavy atom. The Morgan fingerprint density at radius 3 is 2.58 bits per heavy atom. The first-order valence-electron chi connectivity index (χ1n) is 8.47. The van der Waals surface area contributed by atoms with Gasteiger partial charge in [-0.15, -0.1) is 0 Å². The summed E-state index contributed by atoms with van der Waals surface area (Å²) < 4.78 is 5.33. The van der Waals surface area contributed by atoms with Crippen molar-refractivity contribution >= 4 is 11.9 Å². The highest BCUT2D eigenvalue weighted by molar-refractivity contribution is 5.86. The van der Waals surface area contributed by atoms with E-state index in [4.69, 9.17) is 4.74 Å². The molecule has 0 aliphatic carbocycles. The second kappa shape index (κ2) is 12.4. The molecule has 6 heteroatoms. The monoisotopic (exact) mass is 334 g/mol. The van der Waals surface area contributed by atoms with E-state index >= 15 is 0 Å². The van der Waals surface area contributed by atoms with Gasteiger partial charge in [-0.25, -0.2) is 4.99 Å². The molecule has 0 bridgehead atoms. The van der Waals surface area contributed by atoms with E-state index in [-0.39, 0.29) is 12.5 Å². The number of hydrogen-bond acceptors (Lipinski definition) is 3. The fourth-order valence-corrected chi connectivity index (χ4v) is 1.93. The zero-order valence-corrected chi connectivity index (χ0v) is 15.0. The molecule has 0 radical (unpaired) electrons. The molecule has 0 saturated heterocycles. The summed E-state index contributed by atoms with van der Waals surface area (Å²) in [7, 11) is 3.48. The van der Waals surface area contributed by atoms with Gasteiger partial charge in [0.1, 0.15) is 0 Å². The molecule has 0 aliphatic heterocycles. The second-order valence-electron chi connectivity index (χ2n) is 5.62. The molecule has 1 amide bonds. The quantitative estimate of drug-likeness (QED) is 0.388. The van der Waals surface area contributed by atoms with E-state index in [0.29, 0.717) is 12.5 Å². The Hall–Kier alpha value is -2.08. The largest absolute Gasteiger partial charge is 0.382 e. The van der Waals surface area contributed by atoms with Crippen LogP contribution in [0, 0.1) is 0 Å². The van der Waals surface area contributed by atoms with Crippen molar-refractivity contribution in [3.63, 3.8) is 0 Å². The standard InChI is InChI=1S/C18H30N4O2/c1-4-24-13-9-8-12-19-18(21-15-17(23)22(2)3)20-14-16-10-6-5-7-11-16/h5-7,10-11H,4,8-9,12-15H2,1-3H3,(H2,19,20,21). The summed E-state index contributed by atoms with van der Waals surface area (Å²) in [6.45, 7) is 5.13. The van der Waals surface area contributed by atoms with Crippen LogP contribution >= 0.6 is 0 Å². The zero-order chi connectivity index (χ0) is 17.6. The molecule has 2 N–H and O–H groups in total. The molecule has 0 spiro atoms. The van der Waals surface area contributed by atoms with E-state index in [1.807, 2.05) is 37.3 Å². The van der Waals surface area contributed by atoms with Gasteiger partial charge in [0.2, 0.25) is 5.91 Å². The number of nitrogens with zero attached hydrogens (tertiary/aromatic N) is 2. The molecule has 0 saturated carbocycles. The summed E-state index contributed by atoms with van der Waals surface area (Å²) >= 11 is 0. The predicted molar refractivity (Wildman–Crippen MR) is 98.0 cm³/mol. The lowest BCUT2D eigenvalue weighted by molar-refractivity contribution is -0.127. The van der Waals surface area contributed by atoms with Crippen LogP contribution in [0.5, 0.6) is 0 Å². The zero-order valence-electron chi connectivity index (χ0n) is 15.0. The number of unbranched alkanes of at least 4 members (excludes halogenated alkanes) is 1. The molecular weight excluding hydrogens is 304 g/mol. The average molecular weight is 334 g/mol. The van der Waals surface area contributed by atoms with Crippen molar-refractivity contribution in [3.05, 3.63) is 35.9 Å². The maximum absolute atomic E-state index is 11.7. The molecule has 0 aromatic heterocycles. The van der Waals surface area contributed by atoms with Crippen LogP contribution in [-0.4, -0.2) is 57.2 Å². The number of benzene rings is 1. The molecule has 1 aromatic rings. The van der Waals surface area contributed by atoms with Crippen molar-refractivity contribution in [2.24, 2.45) is 4.99 Å². The van der Waals surface area contributed by atoms with E-state index in [1.165, 1.54) is 0 Å². The van der Waals surface area contributed by atoms with Gasteiger partial charge in [0.25, 0.3) is 0 Å². The number of guanidine groups is 1. The number of likely N-dealkylation sites (N-methyl/N-ethyl adjacent to an activating group) is 1. The molecule has 0 unspecified atom stereocenters. The molecule has 0 fully saturated rings. The number of rotatable bonds is 10. The molecule has 24 heavy (non-hydrogen) atoms. The van der Waals surface area contributed by atoms with Crippen LogP contribution in [0.1, 0.15) is 25.3 Å². The Kier molecular flexibility index (Phi) is 10.3. The number of aliphatic imine (C=N–C) groups is 1. The molecule has 0 heterocycles. The van der Waals surface area contributed by atoms with Crippen molar-refractivity contribution < 1.29 is 9.53 Å². The van der Waals surface area contributed by atoms with Crippen LogP contribution < -0.4 is 10.6 Å². The minimum Gasteiger partial charge on any atom is -0.382 e. The number of ether oxygens (including phenoxy) is 1. The molecule has 1 rings (SSSR count). The van der Waals surface area contributed by atoms with E-state index in [0.717, 1.165) is 38.2 Å². The Balaban J connectivity index is 2.47. The van der Waals surface area contributed by atoms with E-state index in [9.17, 15) is 4.79 Å². The summed E-state index contributed by atoms with van der Waals surface area (Å²) in [4.78, 5) is 17.8. The molecule has 0 aliphatic rings. The predicted octanol–water partition coefficient (Wildman–Crippen LogP) is 1.63. The van der Waals surface area contributed by atoms with Crippen molar-refractivity contribution in [1.29, 1.82) is 0 Å². The normalized spacial score (nSPS) is 11.2. The summed E-state index contributed by atoms with van der Waals surface area (Å²) in [5, 5.41) is 6.36.